The summed E-state index contributed by atoms with van der Waals surface area (Å²) in [5.41, 5.74) is 10.2. The van der Waals surface area contributed by atoms with Crippen molar-refractivity contribution in [2.75, 3.05) is 16.4 Å². The van der Waals surface area contributed by atoms with Crippen molar-refractivity contribution < 1.29 is 0 Å². The lowest BCUT2D eigenvalue weighted by Gasteiger charge is -2.18. The molecule has 0 bridgehead atoms. The third-order valence-corrected chi connectivity index (χ3v) is 6.45. The molecule has 1 unspecified atom stereocenters. The third kappa shape index (κ3) is 5.55. The highest BCUT2D eigenvalue weighted by Crippen LogP contribution is 2.37. The van der Waals surface area contributed by atoms with Crippen LogP contribution in [0, 0.1) is 18.3 Å². The fourth-order valence-corrected chi connectivity index (χ4v) is 4.22. The smallest absolute Gasteiger partial charge is 0.159 e. The summed E-state index contributed by atoms with van der Waals surface area (Å²) < 4.78 is 0. The van der Waals surface area contributed by atoms with E-state index in [2.05, 4.69) is 26.7 Å². The number of hydrogen-bond donors (Lipinski definition) is 3. The van der Waals surface area contributed by atoms with Crippen LogP contribution in [-0.2, 0) is 0 Å². The van der Waals surface area contributed by atoms with Crippen molar-refractivity contribution in [2.45, 2.75) is 12.8 Å². The summed E-state index contributed by atoms with van der Waals surface area (Å²) >= 11 is 24.9. The molecule has 0 aliphatic rings. The van der Waals surface area contributed by atoms with Gasteiger partial charge in [0, 0.05) is 20.8 Å². The molecule has 0 amide bonds. The zero-order chi connectivity index (χ0) is 25.1. The Hall–Kier alpha value is -3.21. The molecule has 10 heteroatoms. The predicted octanol–water partition coefficient (Wildman–Crippen LogP) is 8.12. The quantitative estimate of drug-likeness (QED) is 0.227. The van der Waals surface area contributed by atoms with Crippen LogP contribution in [0.4, 0.5) is 28.7 Å². The fraction of sp³-hybridized carbons (Fsp3) is 0.0800. The maximum Gasteiger partial charge on any atom is 0.159 e. The molecule has 0 saturated carbocycles. The van der Waals surface area contributed by atoms with E-state index in [-0.39, 0.29) is 5.69 Å². The summed E-state index contributed by atoms with van der Waals surface area (Å²) in [6, 6.07) is 18.1. The Balaban J connectivity index is 1.63. The van der Waals surface area contributed by atoms with E-state index in [9.17, 15) is 5.26 Å². The van der Waals surface area contributed by atoms with E-state index < -0.39 is 5.92 Å². The van der Waals surface area contributed by atoms with Gasteiger partial charge in [-0.15, -0.1) is 0 Å². The molecular formula is C25H18Cl4N6. The monoisotopic (exact) mass is 542 g/mol. The maximum absolute atomic E-state index is 9.83. The molecule has 6 nitrogen and oxygen atoms in total. The molecule has 0 aliphatic heterocycles. The van der Waals surface area contributed by atoms with Gasteiger partial charge in [0.05, 0.1) is 22.7 Å². The number of nitrogens with one attached hydrogen (secondary N) is 2. The molecule has 176 valence electrons. The lowest BCUT2D eigenvalue weighted by Crippen LogP contribution is -2.07. The Kier molecular flexibility index (Phi) is 7.54. The van der Waals surface area contributed by atoms with Crippen molar-refractivity contribution in [3.63, 3.8) is 0 Å². The maximum atomic E-state index is 9.83. The largest absolute Gasteiger partial charge is 0.393 e. The van der Waals surface area contributed by atoms with E-state index >= 15 is 0 Å². The molecular weight excluding hydrogens is 526 g/mol. The number of anilines is 5. The van der Waals surface area contributed by atoms with Crippen LogP contribution in [0.25, 0.3) is 0 Å². The lowest BCUT2D eigenvalue weighted by molar-refractivity contribution is 1.03. The van der Waals surface area contributed by atoms with Gasteiger partial charge in [-0.1, -0.05) is 64.6 Å². The van der Waals surface area contributed by atoms with Crippen LogP contribution in [-0.4, -0.2) is 9.97 Å². The topological polar surface area (TPSA) is 99.6 Å². The molecule has 0 radical (unpaired) electrons. The molecule has 1 heterocycles. The summed E-state index contributed by atoms with van der Waals surface area (Å²) in [7, 11) is 0. The number of aromatic nitrogens is 2. The Morgan fingerprint density at radius 1 is 0.829 bits per heavy atom. The molecule has 4 N–H and O–H groups in total. The van der Waals surface area contributed by atoms with E-state index in [0.29, 0.717) is 48.7 Å². The second-order valence-electron chi connectivity index (χ2n) is 7.66. The lowest BCUT2D eigenvalue weighted by atomic mass is 9.91. The third-order valence-electron chi connectivity index (χ3n) is 5.31. The van der Waals surface area contributed by atoms with Gasteiger partial charge in [0.2, 0.25) is 0 Å². The minimum atomic E-state index is -0.546. The van der Waals surface area contributed by atoms with Gasteiger partial charge in [0.1, 0.15) is 12.0 Å². The van der Waals surface area contributed by atoms with Gasteiger partial charge in [-0.05, 0) is 60.0 Å². The molecule has 4 rings (SSSR count). The number of nitrogens with zero attached hydrogens (tertiary/aromatic N) is 3. The number of aryl methyl sites for hydroxylation is 1. The molecule has 3 aromatic carbocycles. The standard InChI is InChI=1S/C25H18Cl4N6/c1-13-8-17(18(11-30)14-2-4-15(26)5-3-14)20(29)10-21(13)34-24-23(31)25(33-12-32-24)35-22-9-16(27)6-7-19(22)28/h2-10,12,18H,31H2,1H3,(H2,32,33,34,35). The fourth-order valence-electron chi connectivity index (χ4n) is 3.48. The first kappa shape index (κ1) is 24.9. The summed E-state index contributed by atoms with van der Waals surface area (Å²) in [6.07, 6.45) is 1.37. The molecule has 0 saturated heterocycles. The highest BCUT2D eigenvalue weighted by molar-refractivity contribution is 6.35. The number of benzene rings is 3. The van der Waals surface area contributed by atoms with Crippen LogP contribution in [0.15, 0.2) is 60.9 Å². The Morgan fingerprint density at radius 3 is 2.11 bits per heavy atom. The van der Waals surface area contributed by atoms with Crippen LogP contribution >= 0.6 is 46.4 Å². The van der Waals surface area contributed by atoms with E-state index in [1.165, 1.54) is 6.33 Å². The van der Waals surface area contributed by atoms with E-state index in [0.717, 1.165) is 11.1 Å². The molecule has 0 fully saturated rings. The summed E-state index contributed by atoms with van der Waals surface area (Å²) in [4.78, 5) is 8.48. The van der Waals surface area contributed by atoms with Crippen molar-refractivity contribution in [2.24, 2.45) is 0 Å². The van der Waals surface area contributed by atoms with Gasteiger partial charge in [0.15, 0.2) is 11.6 Å². The number of halogens is 4. The molecule has 35 heavy (non-hydrogen) atoms. The first-order valence-electron chi connectivity index (χ1n) is 10.3. The zero-order valence-electron chi connectivity index (χ0n) is 18.3. The van der Waals surface area contributed by atoms with Gasteiger partial charge in [0.25, 0.3) is 0 Å². The molecule has 1 aromatic heterocycles. The zero-order valence-corrected chi connectivity index (χ0v) is 21.3. The van der Waals surface area contributed by atoms with Gasteiger partial charge in [-0.3, -0.25) is 0 Å². The highest BCUT2D eigenvalue weighted by atomic mass is 35.5. The molecule has 1 atom stereocenters. The first-order valence-corrected chi connectivity index (χ1v) is 11.8. The van der Waals surface area contributed by atoms with E-state index in [4.69, 9.17) is 52.1 Å². The summed E-state index contributed by atoms with van der Waals surface area (Å²) in [5.74, 6) is 0.191. The van der Waals surface area contributed by atoms with Crippen LogP contribution in [0.1, 0.15) is 22.6 Å². The second-order valence-corrected chi connectivity index (χ2v) is 9.35. The van der Waals surface area contributed by atoms with Crippen molar-refractivity contribution in [3.05, 3.63) is 97.7 Å². The molecule has 4 aromatic rings. The first-order chi connectivity index (χ1) is 16.8. The van der Waals surface area contributed by atoms with Gasteiger partial charge in [-0.2, -0.15) is 5.26 Å². The number of nitrogen functional groups attached to an aromatic ring is 1. The van der Waals surface area contributed by atoms with Crippen molar-refractivity contribution in [1.29, 1.82) is 5.26 Å². The summed E-state index contributed by atoms with van der Waals surface area (Å²) in [5, 5.41) is 18.1. The van der Waals surface area contributed by atoms with Crippen LogP contribution in [0.5, 0.6) is 0 Å². The van der Waals surface area contributed by atoms with E-state index in [1.807, 2.05) is 25.1 Å². The van der Waals surface area contributed by atoms with Crippen molar-refractivity contribution >= 4 is 75.1 Å². The van der Waals surface area contributed by atoms with Crippen LogP contribution in [0.3, 0.4) is 0 Å². The van der Waals surface area contributed by atoms with Crippen LogP contribution < -0.4 is 16.4 Å². The van der Waals surface area contributed by atoms with Crippen LogP contribution in [0.2, 0.25) is 20.1 Å². The molecule has 0 spiro atoms. The SMILES string of the molecule is Cc1cc(C(C#N)c2ccc(Cl)cc2)c(Cl)cc1Nc1ncnc(Nc2cc(Cl)ccc2Cl)c1N. The minimum absolute atomic E-state index is 0.277. The number of nitriles is 1. The number of nitrogens with two attached hydrogens (primary N) is 1. The normalized spacial score (nSPS) is 11.5. The number of rotatable bonds is 6. The number of hydrogen-bond acceptors (Lipinski definition) is 6. The Labute approximate surface area is 222 Å². The second kappa shape index (κ2) is 10.6. The van der Waals surface area contributed by atoms with Gasteiger partial charge < -0.3 is 16.4 Å². The summed E-state index contributed by atoms with van der Waals surface area (Å²) in [6.45, 7) is 1.90. The predicted molar refractivity (Wildman–Crippen MR) is 145 cm³/mol. The van der Waals surface area contributed by atoms with Gasteiger partial charge >= 0.3 is 0 Å². The van der Waals surface area contributed by atoms with Crippen molar-refractivity contribution in [3.8, 4) is 6.07 Å². The van der Waals surface area contributed by atoms with E-state index in [1.54, 1.807) is 36.4 Å². The average Bonchev–Trinajstić information content (AvgIpc) is 2.83. The Bertz CT molecular complexity index is 1430. The Morgan fingerprint density at radius 2 is 1.46 bits per heavy atom. The average molecular weight is 544 g/mol. The van der Waals surface area contributed by atoms with Gasteiger partial charge in [-0.25, -0.2) is 9.97 Å². The highest BCUT2D eigenvalue weighted by Gasteiger charge is 2.19. The molecule has 0 aliphatic carbocycles. The minimum Gasteiger partial charge on any atom is -0.393 e. The van der Waals surface area contributed by atoms with Crippen molar-refractivity contribution in [1.82, 2.24) is 9.97 Å².